The highest BCUT2D eigenvalue weighted by molar-refractivity contribution is 7.17. The quantitative estimate of drug-likeness (QED) is 0.346. The maximum atomic E-state index is 6.34. The first kappa shape index (κ1) is 20.3. The van der Waals surface area contributed by atoms with Gasteiger partial charge in [0.05, 0.1) is 5.39 Å². The van der Waals surface area contributed by atoms with E-state index < -0.39 is 0 Å². The molecule has 0 spiro atoms. The van der Waals surface area contributed by atoms with Crippen molar-refractivity contribution >= 4 is 44.7 Å². The number of halogens is 1. The van der Waals surface area contributed by atoms with Crippen molar-refractivity contribution in [2.45, 2.75) is 20.8 Å². The molecule has 1 fully saturated rings. The van der Waals surface area contributed by atoms with Gasteiger partial charge in [-0.25, -0.2) is 4.98 Å². The Kier molecular flexibility index (Phi) is 5.32. The van der Waals surface area contributed by atoms with Crippen LogP contribution in [0.5, 0.6) is 0 Å². The number of hydrogen-bond acceptors (Lipinski definition) is 5. The van der Waals surface area contributed by atoms with Gasteiger partial charge in [0.15, 0.2) is 0 Å². The van der Waals surface area contributed by atoms with Crippen molar-refractivity contribution in [3.05, 3.63) is 69.8 Å². The lowest BCUT2D eigenvalue weighted by atomic mass is 9.99. The van der Waals surface area contributed by atoms with Crippen LogP contribution in [-0.2, 0) is 0 Å². The monoisotopic (exact) mass is 448 g/mol. The van der Waals surface area contributed by atoms with Gasteiger partial charge in [-0.2, -0.15) is 4.98 Å². The van der Waals surface area contributed by atoms with Crippen LogP contribution in [0, 0.1) is 20.8 Å². The number of piperazine rings is 1. The zero-order valence-electron chi connectivity index (χ0n) is 18.0. The molecule has 0 bridgehead atoms. The molecule has 0 amide bonds. The third kappa shape index (κ3) is 3.88. The van der Waals surface area contributed by atoms with Gasteiger partial charge in [-0.1, -0.05) is 35.9 Å². The second-order valence-corrected chi connectivity index (χ2v) is 9.47. The molecule has 3 heterocycles. The van der Waals surface area contributed by atoms with Crippen LogP contribution < -0.4 is 9.80 Å². The first-order chi connectivity index (χ1) is 15.0. The largest absolute Gasteiger partial charge is 0.368 e. The zero-order chi connectivity index (χ0) is 21.5. The minimum absolute atomic E-state index is 0.317. The van der Waals surface area contributed by atoms with E-state index >= 15 is 0 Å². The van der Waals surface area contributed by atoms with Crippen LogP contribution >= 0.6 is 22.9 Å². The van der Waals surface area contributed by atoms with E-state index in [2.05, 4.69) is 83.4 Å². The highest BCUT2D eigenvalue weighted by Gasteiger charge is 2.24. The minimum atomic E-state index is 0.317. The van der Waals surface area contributed by atoms with Gasteiger partial charge >= 0.3 is 0 Å². The van der Waals surface area contributed by atoms with Gasteiger partial charge in [-0.05, 0) is 61.2 Å². The van der Waals surface area contributed by atoms with Crippen LogP contribution in [0.2, 0.25) is 5.28 Å². The molecule has 4 aromatic rings. The van der Waals surface area contributed by atoms with E-state index in [1.165, 1.54) is 33.5 Å². The normalized spacial score (nSPS) is 14.5. The molecule has 5 rings (SSSR count). The molecule has 2 aromatic carbocycles. The molecule has 6 heteroatoms. The lowest BCUT2D eigenvalue weighted by molar-refractivity contribution is 0.649. The summed E-state index contributed by atoms with van der Waals surface area (Å²) in [4.78, 5) is 15.0. The number of rotatable bonds is 3. The molecule has 4 nitrogen and oxygen atoms in total. The average molecular weight is 449 g/mol. The number of anilines is 2. The van der Waals surface area contributed by atoms with Crippen molar-refractivity contribution < 1.29 is 0 Å². The number of thiophene rings is 1. The van der Waals surface area contributed by atoms with E-state index in [0.717, 1.165) is 42.2 Å². The summed E-state index contributed by atoms with van der Waals surface area (Å²) in [6.45, 7) is 10.2. The summed E-state index contributed by atoms with van der Waals surface area (Å²) in [7, 11) is 0. The lowest BCUT2D eigenvalue weighted by Crippen LogP contribution is -2.47. The number of hydrogen-bond donors (Lipinski definition) is 0. The molecule has 1 aliphatic rings. The van der Waals surface area contributed by atoms with Gasteiger partial charge in [-0.3, -0.25) is 0 Å². The SMILES string of the molecule is Cc1cccc(N2CCN(c3nc(Cl)nc4scc(-c5ccc(C)cc5C)c34)CC2)c1. The van der Waals surface area contributed by atoms with E-state index in [4.69, 9.17) is 16.6 Å². The summed E-state index contributed by atoms with van der Waals surface area (Å²) < 4.78 is 0. The predicted molar refractivity (Wildman–Crippen MR) is 133 cm³/mol. The Bertz CT molecular complexity index is 1260. The Balaban J connectivity index is 1.51. The maximum absolute atomic E-state index is 6.34. The summed E-state index contributed by atoms with van der Waals surface area (Å²) in [5.74, 6) is 0.954. The van der Waals surface area contributed by atoms with E-state index in [9.17, 15) is 0 Å². The van der Waals surface area contributed by atoms with Crippen LogP contribution in [-0.4, -0.2) is 36.1 Å². The van der Waals surface area contributed by atoms with Gasteiger partial charge in [0.2, 0.25) is 5.28 Å². The summed E-state index contributed by atoms with van der Waals surface area (Å²) in [5.41, 5.74) is 7.56. The first-order valence-electron chi connectivity index (χ1n) is 10.6. The van der Waals surface area contributed by atoms with Crippen molar-refractivity contribution in [1.82, 2.24) is 9.97 Å². The van der Waals surface area contributed by atoms with Gasteiger partial charge in [0, 0.05) is 42.8 Å². The molecule has 0 saturated carbocycles. The Morgan fingerprint density at radius 3 is 2.32 bits per heavy atom. The molecule has 0 N–H and O–H groups in total. The van der Waals surface area contributed by atoms with E-state index in [1.807, 2.05) is 0 Å². The Labute approximate surface area is 192 Å². The lowest BCUT2D eigenvalue weighted by Gasteiger charge is -2.37. The van der Waals surface area contributed by atoms with Crippen molar-refractivity contribution in [3.63, 3.8) is 0 Å². The molecule has 0 unspecified atom stereocenters. The number of nitrogens with zero attached hydrogens (tertiary/aromatic N) is 4. The van der Waals surface area contributed by atoms with Crippen LogP contribution in [0.3, 0.4) is 0 Å². The number of aryl methyl sites for hydroxylation is 3. The molecule has 158 valence electrons. The van der Waals surface area contributed by atoms with Crippen molar-refractivity contribution in [1.29, 1.82) is 0 Å². The molecule has 0 aliphatic carbocycles. The fourth-order valence-electron chi connectivity index (χ4n) is 4.44. The topological polar surface area (TPSA) is 32.3 Å². The number of aromatic nitrogens is 2. The van der Waals surface area contributed by atoms with E-state index in [-0.39, 0.29) is 0 Å². The first-order valence-corrected chi connectivity index (χ1v) is 11.8. The second-order valence-electron chi connectivity index (χ2n) is 8.28. The highest BCUT2D eigenvalue weighted by atomic mass is 35.5. The van der Waals surface area contributed by atoms with Gasteiger partial charge in [0.25, 0.3) is 0 Å². The van der Waals surface area contributed by atoms with Crippen LogP contribution in [0.15, 0.2) is 47.8 Å². The summed E-state index contributed by atoms with van der Waals surface area (Å²) in [6, 6.07) is 15.3. The second kappa shape index (κ2) is 8.13. The summed E-state index contributed by atoms with van der Waals surface area (Å²) in [6.07, 6.45) is 0. The molecule has 0 atom stereocenters. The van der Waals surface area contributed by atoms with Gasteiger partial charge in [-0.15, -0.1) is 11.3 Å². The smallest absolute Gasteiger partial charge is 0.225 e. The molecule has 1 saturated heterocycles. The third-order valence-corrected chi connectivity index (χ3v) is 7.05. The average Bonchev–Trinajstić information content (AvgIpc) is 3.17. The van der Waals surface area contributed by atoms with Crippen LogP contribution in [0.25, 0.3) is 21.3 Å². The highest BCUT2D eigenvalue weighted by Crippen LogP contribution is 2.40. The molecular weight excluding hydrogens is 424 g/mol. The molecule has 1 aliphatic heterocycles. The number of benzene rings is 2. The van der Waals surface area contributed by atoms with E-state index in [1.54, 1.807) is 11.3 Å². The van der Waals surface area contributed by atoms with Crippen molar-refractivity contribution in [2.24, 2.45) is 0 Å². The van der Waals surface area contributed by atoms with Crippen LogP contribution in [0.4, 0.5) is 11.5 Å². The Hall–Kier alpha value is -2.63. The van der Waals surface area contributed by atoms with Crippen LogP contribution in [0.1, 0.15) is 16.7 Å². The summed E-state index contributed by atoms with van der Waals surface area (Å²) >= 11 is 7.98. The van der Waals surface area contributed by atoms with Gasteiger partial charge < -0.3 is 9.80 Å². The molecule has 31 heavy (non-hydrogen) atoms. The van der Waals surface area contributed by atoms with Gasteiger partial charge in [0.1, 0.15) is 10.6 Å². The molecule has 0 radical (unpaired) electrons. The fourth-order valence-corrected chi connectivity index (χ4v) is 5.59. The standard InChI is InChI=1S/C25H25ClN4S/c1-16-5-4-6-19(14-16)29-9-11-30(12-10-29)23-22-21(15-31-24(22)28-25(26)27-23)20-8-7-17(2)13-18(20)3/h4-8,13-15H,9-12H2,1-3H3. The summed E-state index contributed by atoms with van der Waals surface area (Å²) in [5, 5.41) is 3.63. The molecule has 2 aromatic heterocycles. The Morgan fingerprint density at radius 2 is 1.58 bits per heavy atom. The predicted octanol–water partition coefficient (Wildman–Crippen LogP) is 6.26. The Morgan fingerprint density at radius 1 is 0.839 bits per heavy atom. The fraction of sp³-hybridized carbons (Fsp3) is 0.280. The molecular formula is C25H25ClN4S. The maximum Gasteiger partial charge on any atom is 0.225 e. The van der Waals surface area contributed by atoms with E-state index in [0.29, 0.717) is 5.28 Å². The zero-order valence-corrected chi connectivity index (χ0v) is 19.6. The minimum Gasteiger partial charge on any atom is -0.368 e. The van der Waals surface area contributed by atoms with Crippen molar-refractivity contribution in [2.75, 3.05) is 36.0 Å². The van der Waals surface area contributed by atoms with Crippen molar-refractivity contribution in [3.8, 4) is 11.1 Å². The third-order valence-electron chi connectivity index (χ3n) is 6.01. The number of fused-ring (bicyclic) bond motifs is 1.